The minimum absolute atomic E-state index is 0.515. The first-order valence-electron chi connectivity index (χ1n) is 7.71. The maximum atomic E-state index is 4.36. The van der Waals surface area contributed by atoms with Gasteiger partial charge in [0.15, 0.2) is 0 Å². The van der Waals surface area contributed by atoms with Crippen LogP contribution in [0.25, 0.3) is 0 Å². The molecule has 0 spiro atoms. The molecule has 1 aliphatic heterocycles. The Bertz CT molecular complexity index is 428. The van der Waals surface area contributed by atoms with Crippen molar-refractivity contribution in [3.63, 3.8) is 0 Å². The molecule has 1 aliphatic rings. The molecule has 0 aromatic carbocycles. The standard InChI is InChI=1S/C16H26BrN3/c1-4-7-20-8-5-14(6-9-20)13(3)19-15-10-12(2)16(17)18-11-15/h10-11,13-14,19H,4-9H2,1-3H3. The van der Waals surface area contributed by atoms with Crippen LogP contribution in [0.3, 0.4) is 0 Å². The number of anilines is 1. The van der Waals surface area contributed by atoms with Crippen molar-refractivity contribution in [2.24, 2.45) is 5.92 Å². The average Bonchev–Trinajstić information content (AvgIpc) is 2.44. The molecule has 1 unspecified atom stereocenters. The molecule has 112 valence electrons. The van der Waals surface area contributed by atoms with Gasteiger partial charge in [-0.25, -0.2) is 4.98 Å². The summed E-state index contributed by atoms with van der Waals surface area (Å²) in [5.74, 6) is 0.770. The molecule has 1 aromatic rings. The molecule has 1 saturated heterocycles. The largest absolute Gasteiger partial charge is 0.381 e. The van der Waals surface area contributed by atoms with Crippen LogP contribution in [-0.2, 0) is 0 Å². The second kappa shape index (κ2) is 7.41. The van der Waals surface area contributed by atoms with Crippen molar-refractivity contribution < 1.29 is 0 Å². The fourth-order valence-corrected chi connectivity index (χ4v) is 3.23. The third-order valence-electron chi connectivity index (χ3n) is 4.29. The lowest BCUT2D eigenvalue weighted by Crippen LogP contribution is -2.39. The first-order chi connectivity index (χ1) is 9.60. The van der Waals surface area contributed by atoms with Gasteiger partial charge in [-0.2, -0.15) is 0 Å². The summed E-state index contributed by atoms with van der Waals surface area (Å²) in [7, 11) is 0. The van der Waals surface area contributed by atoms with Gasteiger partial charge in [-0.15, -0.1) is 0 Å². The highest BCUT2D eigenvalue weighted by Crippen LogP contribution is 2.24. The SMILES string of the molecule is CCCN1CCC(C(C)Nc2cnc(Br)c(C)c2)CC1. The molecule has 0 amide bonds. The van der Waals surface area contributed by atoms with Gasteiger partial charge in [0.2, 0.25) is 0 Å². The number of nitrogens with one attached hydrogen (secondary N) is 1. The maximum Gasteiger partial charge on any atom is 0.109 e. The van der Waals surface area contributed by atoms with E-state index in [1.54, 1.807) is 0 Å². The van der Waals surface area contributed by atoms with Gasteiger partial charge in [0.1, 0.15) is 4.60 Å². The minimum atomic E-state index is 0.515. The van der Waals surface area contributed by atoms with Crippen molar-refractivity contribution in [3.8, 4) is 0 Å². The molecule has 0 aliphatic carbocycles. The third kappa shape index (κ3) is 4.19. The Kier molecular flexibility index (Phi) is 5.85. The number of hydrogen-bond donors (Lipinski definition) is 1. The highest BCUT2D eigenvalue weighted by molar-refractivity contribution is 9.10. The number of piperidine rings is 1. The number of halogens is 1. The molecule has 0 saturated carbocycles. The van der Waals surface area contributed by atoms with Crippen molar-refractivity contribution in [3.05, 3.63) is 22.4 Å². The molecule has 2 rings (SSSR count). The first-order valence-corrected chi connectivity index (χ1v) is 8.50. The summed E-state index contributed by atoms with van der Waals surface area (Å²) in [6, 6.07) is 2.68. The molecule has 20 heavy (non-hydrogen) atoms. The number of rotatable bonds is 5. The van der Waals surface area contributed by atoms with E-state index < -0.39 is 0 Å². The lowest BCUT2D eigenvalue weighted by atomic mass is 9.90. The monoisotopic (exact) mass is 339 g/mol. The molecule has 1 fully saturated rings. The van der Waals surface area contributed by atoms with E-state index in [9.17, 15) is 0 Å². The predicted octanol–water partition coefficient (Wildman–Crippen LogP) is 4.07. The number of nitrogens with zero attached hydrogens (tertiary/aromatic N) is 2. The molecular formula is C16H26BrN3. The van der Waals surface area contributed by atoms with Gasteiger partial charge >= 0.3 is 0 Å². The number of likely N-dealkylation sites (tertiary alicyclic amines) is 1. The predicted molar refractivity (Wildman–Crippen MR) is 89.2 cm³/mol. The van der Waals surface area contributed by atoms with Gasteiger partial charge in [-0.05, 0) is 86.2 Å². The van der Waals surface area contributed by atoms with E-state index in [2.05, 4.69) is 58.0 Å². The van der Waals surface area contributed by atoms with Gasteiger partial charge in [-0.1, -0.05) is 6.92 Å². The van der Waals surface area contributed by atoms with E-state index in [0.29, 0.717) is 6.04 Å². The lowest BCUT2D eigenvalue weighted by Gasteiger charge is -2.35. The Morgan fingerprint density at radius 1 is 1.45 bits per heavy atom. The summed E-state index contributed by atoms with van der Waals surface area (Å²) in [6.07, 6.45) is 5.79. The fourth-order valence-electron chi connectivity index (χ4n) is 3.01. The molecule has 1 N–H and O–H groups in total. The van der Waals surface area contributed by atoms with Crippen molar-refractivity contribution in [2.45, 2.75) is 46.1 Å². The van der Waals surface area contributed by atoms with Gasteiger partial charge in [0.05, 0.1) is 11.9 Å². The van der Waals surface area contributed by atoms with Gasteiger partial charge in [0.25, 0.3) is 0 Å². The first kappa shape index (κ1) is 15.8. The van der Waals surface area contributed by atoms with E-state index >= 15 is 0 Å². The number of hydrogen-bond acceptors (Lipinski definition) is 3. The summed E-state index contributed by atoms with van der Waals surface area (Å²) in [4.78, 5) is 6.95. The number of aryl methyl sites for hydroxylation is 1. The summed E-state index contributed by atoms with van der Waals surface area (Å²) in [5, 5.41) is 3.62. The third-order valence-corrected chi connectivity index (χ3v) is 5.12. The van der Waals surface area contributed by atoms with Crippen molar-refractivity contribution in [1.82, 2.24) is 9.88 Å². The zero-order chi connectivity index (χ0) is 14.5. The molecule has 1 atom stereocenters. The second-order valence-corrected chi connectivity index (χ2v) is 6.69. The maximum absolute atomic E-state index is 4.36. The molecule has 4 heteroatoms. The Morgan fingerprint density at radius 2 is 2.15 bits per heavy atom. The summed E-state index contributed by atoms with van der Waals surface area (Å²) >= 11 is 3.45. The van der Waals surface area contributed by atoms with Crippen LogP contribution < -0.4 is 5.32 Å². The molecule has 0 radical (unpaired) electrons. The van der Waals surface area contributed by atoms with Crippen LogP contribution in [-0.4, -0.2) is 35.6 Å². The van der Waals surface area contributed by atoms with Crippen LogP contribution in [0.4, 0.5) is 5.69 Å². The number of pyridine rings is 1. The van der Waals surface area contributed by atoms with E-state index in [1.807, 2.05) is 6.20 Å². The van der Waals surface area contributed by atoms with Crippen LogP contribution in [0, 0.1) is 12.8 Å². The Labute approximate surface area is 131 Å². The van der Waals surface area contributed by atoms with Gasteiger partial charge < -0.3 is 10.2 Å². The molecule has 0 bridgehead atoms. The van der Waals surface area contributed by atoms with Crippen LogP contribution in [0.1, 0.15) is 38.7 Å². The fraction of sp³-hybridized carbons (Fsp3) is 0.688. The average molecular weight is 340 g/mol. The highest BCUT2D eigenvalue weighted by atomic mass is 79.9. The second-order valence-electron chi connectivity index (χ2n) is 5.94. The van der Waals surface area contributed by atoms with E-state index in [1.165, 1.54) is 44.5 Å². The Morgan fingerprint density at radius 3 is 2.75 bits per heavy atom. The smallest absolute Gasteiger partial charge is 0.109 e. The highest BCUT2D eigenvalue weighted by Gasteiger charge is 2.23. The van der Waals surface area contributed by atoms with E-state index in [0.717, 1.165) is 16.2 Å². The van der Waals surface area contributed by atoms with Crippen molar-refractivity contribution in [1.29, 1.82) is 0 Å². The zero-order valence-corrected chi connectivity index (χ0v) is 14.4. The summed E-state index contributed by atoms with van der Waals surface area (Å²) in [5.41, 5.74) is 2.31. The van der Waals surface area contributed by atoms with E-state index in [-0.39, 0.29) is 0 Å². The molecule has 2 heterocycles. The van der Waals surface area contributed by atoms with Crippen LogP contribution >= 0.6 is 15.9 Å². The zero-order valence-electron chi connectivity index (χ0n) is 12.8. The summed E-state index contributed by atoms with van der Waals surface area (Å²) < 4.78 is 0.934. The quantitative estimate of drug-likeness (QED) is 0.819. The van der Waals surface area contributed by atoms with Crippen LogP contribution in [0.5, 0.6) is 0 Å². The summed E-state index contributed by atoms with van der Waals surface area (Å²) in [6.45, 7) is 10.4. The lowest BCUT2D eigenvalue weighted by molar-refractivity contribution is 0.176. The molecular weight excluding hydrogens is 314 g/mol. The van der Waals surface area contributed by atoms with Crippen LogP contribution in [0.15, 0.2) is 16.9 Å². The molecule has 1 aromatic heterocycles. The van der Waals surface area contributed by atoms with Gasteiger partial charge in [0, 0.05) is 6.04 Å². The minimum Gasteiger partial charge on any atom is -0.381 e. The normalized spacial score (nSPS) is 19.0. The van der Waals surface area contributed by atoms with E-state index in [4.69, 9.17) is 0 Å². The van der Waals surface area contributed by atoms with Crippen molar-refractivity contribution >= 4 is 21.6 Å². The number of aromatic nitrogens is 1. The Balaban J connectivity index is 1.86. The van der Waals surface area contributed by atoms with Gasteiger partial charge in [-0.3, -0.25) is 0 Å². The van der Waals surface area contributed by atoms with Crippen LogP contribution in [0.2, 0.25) is 0 Å². The topological polar surface area (TPSA) is 28.2 Å². The Hall–Kier alpha value is -0.610. The van der Waals surface area contributed by atoms with Crippen molar-refractivity contribution in [2.75, 3.05) is 25.0 Å². The molecule has 3 nitrogen and oxygen atoms in total.